The van der Waals surface area contributed by atoms with E-state index in [9.17, 15) is 0 Å². The summed E-state index contributed by atoms with van der Waals surface area (Å²) >= 11 is 0. The van der Waals surface area contributed by atoms with Gasteiger partial charge in [-0.3, -0.25) is 9.58 Å². The zero-order chi connectivity index (χ0) is 16.1. The third kappa shape index (κ3) is 4.79. The fourth-order valence-electron chi connectivity index (χ4n) is 3.28. The van der Waals surface area contributed by atoms with E-state index in [1.165, 1.54) is 24.9 Å². The van der Waals surface area contributed by atoms with E-state index in [-0.39, 0.29) is 6.10 Å². The maximum atomic E-state index is 5.80. The van der Waals surface area contributed by atoms with Gasteiger partial charge in [-0.25, -0.2) is 4.98 Å². The van der Waals surface area contributed by atoms with Gasteiger partial charge in [0.25, 0.3) is 0 Å². The molecule has 0 unspecified atom stereocenters. The highest BCUT2D eigenvalue weighted by Gasteiger charge is 2.20. The number of nitrogens with zero attached hydrogens (tertiary/aromatic N) is 4. The minimum absolute atomic E-state index is 0.215. The van der Waals surface area contributed by atoms with Crippen molar-refractivity contribution in [3.05, 3.63) is 42.5 Å². The van der Waals surface area contributed by atoms with Crippen molar-refractivity contribution in [1.29, 1.82) is 0 Å². The van der Waals surface area contributed by atoms with Crippen molar-refractivity contribution >= 4 is 0 Å². The Labute approximate surface area is 138 Å². The van der Waals surface area contributed by atoms with Crippen LogP contribution in [0.15, 0.2) is 36.9 Å². The fourth-order valence-corrected chi connectivity index (χ4v) is 3.28. The van der Waals surface area contributed by atoms with Crippen LogP contribution in [0.1, 0.15) is 32.3 Å². The van der Waals surface area contributed by atoms with Crippen molar-refractivity contribution in [2.75, 3.05) is 13.1 Å². The Hall–Kier alpha value is -1.88. The Morgan fingerprint density at radius 3 is 3.04 bits per heavy atom. The molecular weight excluding hydrogens is 288 g/mol. The Balaban J connectivity index is 1.57. The van der Waals surface area contributed by atoms with Crippen LogP contribution in [0.4, 0.5) is 0 Å². The number of ether oxygens (including phenoxy) is 1. The normalized spacial score (nSPS) is 19.2. The van der Waals surface area contributed by atoms with Crippen molar-refractivity contribution in [1.82, 2.24) is 19.7 Å². The molecule has 1 aliphatic heterocycles. The molecule has 1 saturated heterocycles. The summed E-state index contributed by atoms with van der Waals surface area (Å²) in [7, 11) is 0. The van der Waals surface area contributed by atoms with Crippen LogP contribution in [0.2, 0.25) is 0 Å². The van der Waals surface area contributed by atoms with E-state index >= 15 is 0 Å². The van der Waals surface area contributed by atoms with E-state index < -0.39 is 0 Å². The van der Waals surface area contributed by atoms with Crippen molar-refractivity contribution in [3.63, 3.8) is 0 Å². The topological polar surface area (TPSA) is 43.2 Å². The van der Waals surface area contributed by atoms with E-state index in [2.05, 4.69) is 47.0 Å². The first-order valence-electron chi connectivity index (χ1n) is 8.49. The van der Waals surface area contributed by atoms with Gasteiger partial charge in [-0.1, -0.05) is 12.1 Å². The smallest absolute Gasteiger partial charge is 0.137 e. The molecule has 2 aromatic rings. The van der Waals surface area contributed by atoms with E-state index in [1.54, 1.807) is 6.33 Å². The van der Waals surface area contributed by atoms with Crippen LogP contribution in [-0.2, 0) is 13.1 Å². The third-order valence-electron chi connectivity index (χ3n) is 4.19. The van der Waals surface area contributed by atoms with Gasteiger partial charge in [-0.05, 0) is 56.8 Å². The maximum absolute atomic E-state index is 5.80. The lowest BCUT2D eigenvalue weighted by Gasteiger charge is -2.32. The lowest BCUT2D eigenvalue weighted by molar-refractivity contribution is 0.153. The van der Waals surface area contributed by atoms with Crippen molar-refractivity contribution in [2.45, 2.75) is 45.9 Å². The summed E-state index contributed by atoms with van der Waals surface area (Å²) in [6, 6.07) is 8.48. The minimum atomic E-state index is 0.215. The number of hydrogen-bond acceptors (Lipinski definition) is 4. The van der Waals surface area contributed by atoms with E-state index in [0.717, 1.165) is 25.4 Å². The Kier molecular flexibility index (Phi) is 5.28. The summed E-state index contributed by atoms with van der Waals surface area (Å²) < 4.78 is 7.75. The molecule has 5 nitrogen and oxygen atoms in total. The summed E-state index contributed by atoms with van der Waals surface area (Å²) in [5.41, 5.74) is 1.32. The van der Waals surface area contributed by atoms with Crippen LogP contribution < -0.4 is 4.74 Å². The number of aromatic nitrogens is 3. The number of benzene rings is 1. The van der Waals surface area contributed by atoms with Crippen LogP contribution in [0, 0.1) is 5.92 Å². The summed E-state index contributed by atoms with van der Waals surface area (Å²) in [5.74, 6) is 1.62. The molecule has 2 heterocycles. The first-order valence-corrected chi connectivity index (χ1v) is 8.49. The van der Waals surface area contributed by atoms with Crippen LogP contribution in [0.5, 0.6) is 5.75 Å². The van der Waals surface area contributed by atoms with E-state index in [1.807, 2.05) is 17.1 Å². The molecule has 0 saturated carbocycles. The summed E-state index contributed by atoms with van der Waals surface area (Å²) in [6.07, 6.45) is 6.16. The summed E-state index contributed by atoms with van der Waals surface area (Å²) in [6.45, 7) is 8.37. The van der Waals surface area contributed by atoms with Crippen molar-refractivity contribution < 1.29 is 4.74 Å². The second-order valence-electron chi connectivity index (χ2n) is 6.67. The van der Waals surface area contributed by atoms with E-state index in [4.69, 9.17) is 4.74 Å². The van der Waals surface area contributed by atoms with Gasteiger partial charge in [-0.15, -0.1) is 0 Å². The monoisotopic (exact) mass is 314 g/mol. The zero-order valence-corrected chi connectivity index (χ0v) is 14.1. The fraction of sp³-hybridized carbons (Fsp3) is 0.556. The number of rotatable bonds is 6. The largest absolute Gasteiger partial charge is 0.491 e. The maximum Gasteiger partial charge on any atom is 0.137 e. The van der Waals surface area contributed by atoms with Gasteiger partial charge in [0.15, 0.2) is 0 Å². The molecule has 0 radical (unpaired) electrons. The summed E-state index contributed by atoms with van der Waals surface area (Å²) in [4.78, 5) is 6.57. The highest BCUT2D eigenvalue weighted by Crippen LogP contribution is 2.22. The van der Waals surface area contributed by atoms with Crippen LogP contribution in [0.25, 0.3) is 0 Å². The van der Waals surface area contributed by atoms with Gasteiger partial charge < -0.3 is 4.74 Å². The predicted octanol–water partition coefficient (Wildman–Crippen LogP) is 2.98. The van der Waals surface area contributed by atoms with Gasteiger partial charge in [0.1, 0.15) is 18.4 Å². The SMILES string of the molecule is CC(C)Oc1cccc(CN2CCC[C@H](Cn3cncn3)C2)c1. The molecule has 0 bridgehead atoms. The first-order chi connectivity index (χ1) is 11.2. The van der Waals surface area contributed by atoms with Crippen LogP contribution in [-0.4, -0.2) is 38.9 Å². The quantitative estimate of drug-likeness (QED) is 0.822. The number of hydrogen-bond donors (Lipinski definition) is 0. The highest BCUT2D eigenvalue weighted by atomic mass is 16.5. The average molecular weight is 314 g/mol. The lowest BCUT2D eigenvalue weighted by atomic mass is 9.97. The molecule has 0 spiro atoms. The third-order valence-corrected chi connectivity index (χ3v) is 4.19. The van der Waals surface area contributed by atoms with Gasteiger partial charge in [-0.2, -0.15) is 5.10 Å². The molecular formula is C18H26N4O. The molecule has 1 fully saturated rings. The molecule has 0 N–H and O–H groups in total. The van der Waals surface area contributed by atoms with Crippen LogP contribution >= 0.6 is 0 Å². The number of likely N-dealkylation sites (tertiary alicyclic amines) is 1. The van der Waals surface area contributed by atoms with Gasteiger partial charge in [0.05, 0.1) is 6.10 Å². The van der Waals surface area contributed by atoms with Crippen molar-refractivity contribution in [3.8, 4) is 5.75 Å². The highest BCUT2D eigenvalue weighted by molar-refractivity contribution is 5.28. The van der Waals surface area contributed by atoms with Crippen LogP contribution in [0.3, 0.4) is 0 Å². The molecule has 124 valence electrons. The standard InChI is InChI=1S/C18H26N4O/c1-15(2)23-18-7-3-5-16(9-18)10-21-8-4-6-17(11-21)12-22-14-19-13-20-22/h3,5,7,9,13-15,17H,4,6,8,10-12H2,1-2H3/t17-/m0/s1. The molecule has 23 heavy (non-hydrogen) atoms. The molecule has 1 aliphatic rings. The van der Waals surface area contributed by atoms with Gasteiger partial charge in [0, 0.05) is 19.6 Å². The lowest BCUT2D eigenvalue weighted by Crippen LogP contribution is -2.36. The number of piperidine rings is 1. The summed E-state index contributed by atoms with van der Waals surface area (Å²) in [5, 5.41) is 4.23. The molecule has 1 aromatic heterocycles. The average Bonchev–Trinajstić information content (AvgIpc) is 3.00. The molecule has 0 aliphatic carbocycles. The Morgan fingerprint density at radius 1 is 1.35 bits per heavy atom. The minimum Gasteiger partial charge on any atom is -0.491 e. The molecule has 1 atom stereocenters. The second-order valence-corrected chi connectivity index (χ2v) is 6.67. The predicted molar refractivity (Wildman–Crippen MR) is 90.2 cm³/mol. The first kappa shape index (κ1) is 16.0. The van der Waals surface area contributed by atoms with Gasteiger partial charge in [0.2, 0.25) is 0 Å². The van der Waals surface area contributed by atoms with Gasteiger partial charge >= 0.3 is 0 Å². The Bertz CT molecular complexity index is 597. The second kappa shape index (κ2) is 7.59. The molecule has 3 rings (SSSR count). The zero-order valence-electron chi connectivity index (χ0n) is 14.1. The Morgan fingerprint density at radius 2 is 2.26 bits per heavy atom. The van der Waals surface area contributed by atoms with Crippen molar-refractivity contribution in [2.24, 2.45) is 5.92 Å². The molecule has 0 amide bonds. The van der Waals surface area contributed by atoms with E-state index in [0.29, 0.717) is 5.92 Å². The molecule has 1 aromatic carbocycles. The molecule has 5 heteroatoms.